The van der Waals surface area contributed by atoms with Crippen molar-refractivity contribution in [2.45, 2.75) is 26.8 Å². The van der Waals surface area contributed by atoms with Gasteiger partial charge in [-0.2, -0.15) is 0 Å². The van der Waals surface area contributed by atoms with Crippen LogP contribution in [-0.2, 0) is 9.59 Å². The van der Waals surface area contributed by atoms with Crippen molar-refractivity contribution in [3.8, 4) is 17.2 Å². The Balaban J connectivity index is 1.95. The number of nitrogens with zero attached hydrogens (tertiary/aromatic N) is 2. The number of carbonyl (C=O) groups is 3. The third kappa shape index (κ3) is 4.67. The minimum Gasteiger partial charge on any atom is -0.507 e. The van der Waals surface area contributed by atoms with Crippen LogP contribution >= 0.6 is 11.3 Å². The highest BCUT2D eigenvalue weighted by Gasteiger charge is 2.48. The van der Waals surface area contributed by atoms with E-state index in [1.54, 1.807) is 49.4 Å². The summed E-state index contributed by atoms with van der Waals surface area (Å²) in [6, 6.07) is 10.5. The number of aliphatic hydroxyl groups is 1. The standard InChI is InChI=1S/C27H26N2O7S/c1-6-36-19-12-9-17(13-20(19)35-5)22-21(23(31)16-7-10-18(34-4)11-8-16)24(32)26(33)29(22)27-28-14(2)25(37-27)15(3)30/h7-13,22,31H,6H2,1-5H3/b23-21-. The van der Waals surface area contributed by atoms with Crippen molar-refractivity contribution in [3.63, 3.8) is 0 Å². The van der Waals surface area contributed by atoms with Crippen LogP contribution in [0.15, 0.2) is 48.0 Å². The molecular weight excluding hydrogens is 496 g/mol. The number of thiazole rings is 1. The van der Waals surface area contributed by atoms with Crippen molar-refractivity contribution in [1.29, 1.82) is 0 Å². The Labute approximate surface area is 217 Å². The summed E-state index contributed by atoms with van der Waals surface area (Å²) in [5.74, 6) is -0.823. The van der Waals surface area contributed by atoms with Crippen molar-refractivity contribution in [3.05, 3.63) is 69.7 Å². The number of methoxy groups -OCH3 is 2. The number of hydrogen-bond donors (Lipinski definition) is 1. The molecule has 0 bridgehead atoms. The Morgan fingerprint density at radius 1 is 1.08 bits per heavy atom. The van der Waals surface area contributed by atoms with Gasteiger partial charge in [-0.25, -0.2) is 4.98 Å². The number of aromatic nitrogens is 1. The van der Waals surface area contributed by atoms with Gasteiger partial charge in [0.15, 0.2) is 22.4 Å². The molecule has 1 N–H and O–H groups in total. The van der Waals surface area contributed by atoms with Crippen LogP contribution in [0.2, 0.25) is 0 Å². The van der Waals surface area contributed by atoms with Crippen molar-refractivity contribution >= 4 is 39.7 Å². The molecule has 10 heteroatoms. The lowest BCUT2D eigenvalue weighted by atomic mass is 9.95. The molecule has 2 aromatic carbocycles. The molecule has 1 fully saturated rings. The van der Waals surface area contributed by atoms with E-state index in [0.29, 0.717) is 45.6 Å². The minimum absolute atomic E-state index is 0.112. The molecule has 1 aliphatic rings. The van der Waals surface area contributed by atoms with E-state index in [1.165, 1.54) is 26.0 Å². The lowest BCUT2D eigenvalue weighted by Crippen LogP contribution is -2.29. The number of aliphatic hydroxyl groups excluding tert-OH is 1. The fourth-order valence-electron chi connectivity index (χ4n) is 4.19. The second kappa shape index (κ2) is 10.4. The van der Waals surface area contributed by atoms with Gasteiger partial charge in [0.2, 0.25) is 0 Å². The van der Waals surface area contributed by atoms with Gasteiger partial charge in [-0.1, -0.05) is 17.4 Å². The number of hydrogen-bond acceptors (Lipinski definition) is 9. The van der Waals surface area contributed by atoms with Crippen LogP contribution in [0.3, 0.4) is 0 Å². The molecule has 1 atom stereocenters. The maximum Gasteiger partial charge on any atom is 0.301 e. The number of anilines is 1. The summed E-state index contributed by atoms with van der Waals surface area (Å²) in [5, 5.41) is 11.5. The summed E-state index contributed by atoms with van der Waals surface area (Å²) in [4.78, 5) is 44.9. The lowest BCUT2D eigenvalue weighted by Gasteiger charge is -2.24. The molecule has 0 spiro atoms. The van der Waals surface area contributed by atoms with E-state index in [0.717, 1.165) is 11.3 Å². The van der Waals surface area contributed by atoms with E-state index >= 15 is 0 Å². The summed E-state index contributed by atoms with van der Waals surface area (Å²) < 4.78 is 16.3. The third-order valence-electron chi connectivity index (χ3n) is 5.92. The Morgan fingerprint density at radius 2 is 1.78 bits per heavy atom. The van der Waals surface area contributed by atoms with E-state index in [1.807, 2.05) is 6.92 Å². The van der Waals surface area contributed by atoms with Crippen LogP contribution < -0.4 is 19.1 Å². The van der Waals surface area contributed by atoms with Gasteiger partial charge in [0.05, 0.1) is 43.0 Å². The molecule has 0 radical (unpaired) electrons. The molecule has 1 amide bonds. The topological polar surface area (TPSA) is 115 Å². The van der Waals surface area contributed by atoms with Crippen molar-refractivity contribution in [1.82, 2.24) is 4.98 Å². The minimum atomic E-state index is -1.03. The Morgan fingerprint density at radius 3 is 2.35 bits per heavy atom. The normalized spacial score (nSPS) is 16.7. The average Bonchev–Trinajstić information content (AvgIpc) is 3.41. The number of aryl methyl sites for hydroxylation is 1. The molecule has 3 aromatic rings. The maximum absolute atomic E-state index is 13.4. The number of rotatable bonds is 8. The number of benzene rings is 2. The molecule has 0 aliphatic carbocycles. The quantitative estimate of drug-likeness (QED) is 0.196. The van der Waals surface area contributed by atoms with Crippen molar-refractivity contribution in [2.75, 3.05) is 25.7 Å². The highest BCUT2D eigenvalue weighted by atomic mass is 32.1. The molecule has 2 heterocycles. The van der Waals surface area contributed by atoms with Crippen LogP contribution in [0, 0.1) is 6.92 Å². The van der Waals surface area contributed by atoms with Gasteiger partial charge in [0, 0.05) is 12.5 Å². The largest absolute Gasteiger partial charge is 0.507 e. The van der Waals surface area contributed by atoms with Crippen LogP contribution in [-0.4, -0.2) is 48.4 Å². The molecule has 1 saturated heterocycles. The lowest BCUT2D eigenvalue weighted by molar-refractivity contribution is -0.132. The molecule has 37 heavy (non-hydrogen) atoms. The van der Waals surface area contributed by atoms with E-state index < -0.39 is 17.7 Å². The summed E-state index contributed by atoms with van der Waals surface area (Å²) >= 11 is 1.02. The third-order valence-corrected chi connectivity index (χ3v) is 7.18. The van der Waals surface area contributed by atoms with Gasteiger partial charge >= 0.3 is 5.91 Å². The van der Waals surface area contributed by atoms with Gasteiger partial charge in [-0.3, -0.25) is 19.3 Å². The predicted octanol–water partition coefficient (Wildman–Crippen LogP) is 4.70. The first kappa shape index (κ1) is 25.9. The predicted molar refractivity (Wildman–Crippen MR) is 139 cm³/mol. The molecular formula is C27H26N2O7S. The Hall–Kier alpha value is -4.18. The van der Waals surface area contributed by atoms with Crippen LogP contribution in [0.1, 0.15) is 46.4 Å². The Bertz CT molecular complexity index is 1410. The smallest absolute Gasteiger partial charge is 0.301 e. The maximum atomic E-state index is 13.4. The monoisotopic (exact) mass is 522 g/mol. The van der Waals surface area contributed by atoms with Gasteiger partial charge in [-0.15, -0.1) is 0 Å². The van der Waals surface area contributed by atoms with E-state index in [9.17, 15) is 19.5 Å². The molecule has 192 valence electrons. The molecule has 1 aromatic heterocycles. The molecule has 9 nitrogen and oxygen atoms in total. The zero-order valence-corrected chi connectivity index (χ0v) is 21.8. The second-order valence-corrected chi connectivity index (χ2v) is 9.19. The zero-order valence-electron chi connectivity index (χ0n) is 21.0. The van der Waals surface area contributed by atoms with E-state index in [2.05, 4.69) is 4.98 Å². The van der Waals surface area contributed by atoms with Gasteiger partial charge < -0.3 is 19.3 Å². The molecule has 4 rings (SSSR count). The highest BCUT2D eigenvalue weighted by Crippen LogP contribution is 2.45. The average molecular weight is 523 g/mol. The number of ketones is 2. The first-order valence-electron chi connectivity index (χ1n) is 11.5. The van der Waals surface area contributed by atoms with Gasteiger partial charge in [0.25, 0.3) is 5.78 Å². The summed E-state index contributed by atoms with van der Waals surface area (Å²) in [7, 11) is 3.00. The van der Waals surface area contributed by atoms with Crippen molar-refractivity contribution < 1.29 is 33.7 Å². The van der Waals surface area contributed by atoms with Crippen LogP contribution in [0.25, 0.3) is 5.76 Å². The van der Waals surface area contributed by atoms with Gasteiger partial charge in [-0.05, 0) is 55.8 Å². The number of carbonyl (C=O) groups excluding carboxylic acids is 3. The number of ether oxygens (including phenoxy) is 3. The van der Waals surface area contributed by atoms with E-state index in [-0.39, 0.29) is 22.2 Å². The van der Waals surface area contributed by atoms with Crippen molar-refractivity contribution in [2.24, 2.45) is 0 Å². The summed E-state index contributed by atoms with van der Waals surface area (Å²) in [6.45, 7) is 5.34. The molecule has 1 aliphatic heterocycles. The number of Topliss-reactive ketones (excluding diaryl/α,β-unsaturated/α-hetero) is 2. The summed E-state index contributed by atoms with van der Waals surface area (Å²) in [6.07, 6.45) is 0. The van der Waals surface area contributed by atoms with Crippen LogP contribution in [0.5, 0.6) is 17.2 Å². The van der Waals surface area contributed by atoms with Gasteiger partial charge in [0.1, 0.15) is 11.5 Å². The first-order valence-corrected chi connectivity index (χ1v) is 12.3. The first-order chi connectivity index (χ1) is 17.7. The Kier molecular flexibility index (Phi) is 7.30. The SMILES string of the molecule is CCOc1ccc(C2/C(=C(/O)c3ccc(OC)cc3)C(=O)C(=O)N2c2nc(C)c(C(C)=O)s2)cc1OC. The summed E-state index contributed by atoms with van der Waals surface area (Å²) in [5.41, 5.74) is 1.17. The van der Waals surface area contributed by atoms with Crippen LogP contribution in [0.4, 0.5) is 5.13 Å². The molecule has 1 unspecified atom stereocenters. The number of amides is 1. The van der Waals surface area contributed by atoms with E-state index in [4.69, 9.17) is 14.2 Å². The fraction of sp³-hybridized carbons (Fsp3) is 0.259. The second-order valence-electron chi connectivity index (χ2n) is 8.21. The zero-order chi connectivity index (χ0) is 26.9. The fourth-order valence-corrected chi connectivity index (χ4v) is 5.18. The highest BCUT2D eigenvalue weighted by molar-refractivity contribution is 7.18. The molecule has 0 saturated carbocycles.